The molecule has 2 heterocycles. The standard InChI is InChI=1S/C28H29FN4OS/c1-32(17-18-33-15-3-2-4-16-33)28-31-25-14-13-24(19-26(25)35-28)30-27(34)22-7-5-20(6-8-22)21-9-11-23(29)12-10-21/h5-14,19H,2-4,15-18H2,1H3,(H,30,34). The first-order chi connectivity index (χ1) is 17.0. The second kappa shape index (κ2) is 10.5. The fourth-order valence-corrected chi connectivity index (χ4v) is 5.38. The van der Waals surface area contributed by atoms with E-state index in [0.29, 0.717) is 5.56 Å². The minimum Gasteiger partial charge on any atom is -0.350 e. The largest absolute Gasteiger partial charge is 0.350 e. The molecule has 0 atom stereocenters. The van der Waals surface area contributed by atoms with Crippen molar-refractivity contribution in [2.24, 2.45) is 0 Å². The highest BCUT2D eigenvalue weighted by atomic mass is 32.1. The molecule has 0 saturated carbocycles. The van der Waals surface area contributed by atoms with Gasteiger partial charge in [-0.2, -0.15) is 0 Å². The van der Waals surface area contributed by atoms with E-state index in [9.17, 15) is 9.18 Å². The molecule has 1 N–H and O–H groups in total. The molecule has 180 valence electrons. The average molecular weight is 489 g/mol. The molecule has 0 aliphatic carbocycles. The Morgan fingerprint density at radius 3 is 2.40 bits per heavy atom. The molecule has 1 amide bonds. The van der Waals surface area contributed by atoms with Crippen LogP contribution >= 0.6 is 11.3 Å². The summed E-state index contributed by atoms with van der Waals surface area (Å²) in [6, 6.07) is 19.5. The molecule has 0 radical (unpaired) electrons. The number of nitrogens with zero attached hydrogens (tertiary/aromatic N) is 3. The van der Waals surface area contributed by atoms with E-state index in [1.54, 1.807) is 35.6 Å². The summed E-state index contributed by atoms with van der Waals surface area (Å²) in [7, 11) is 2.10. The Labute approximate surface area is 209 Å². The minimum atomic E-state index is -0.265. The molecule has 0 bridgehead atoms. The van der Waals surface area contributed by atoms with Crippen LogP contribution in [0.2, 0.25) is 0 Å². The number of rotatable bonds is 7. The number of likely N-dealkylation sites (tertiary alicyclic amines) is 1. The Morgan fingerprint density at radius 2 is 1.69 bits per heavy atom. The molecular formula is C28H29FN4OS. The van der Waals surface area contributed by atoms with E-state index in [-0.39, 0.29) is 11.7 Å². The maximum atomic E-state index is 13.2. The number of benzene rings is 3. The molecule has 7 heteroatoms. The van der Waals surface area contributed by atoms with Gasteiger partial charge < -0.3 is 15.1 Å². The average Bonchev–Trinajstić information content (AvgIpc) is 3.32. The van der Waals surface area contributed by atoms with Crippen molar-refractivity contribution in [3.63, 3.8) is 0 Å². The van der Waals surface area contributed by atoms with Crippen LogP contribution in [0.15, 0.2) is 66.7 Å². The van der Waals surface area contributed by atoms with E-state index < -0.39 is 0 Å². The van der Waals surface area contributed by atoms with Crippen molar-refractivity contribution in [2.45, 2.75) is 19.3 Å². The number of thiazole rings is 1. The number of hydrogen-bond acceptors (Lipinski definition) is 5. The predicted octanol–water partition coefficient (Wildman–Crippen LogP) is 6.28. The van der Waals surface area contributed by atoms with Gasteiger partial charge in [-0.1, -0.05) is 42.0 Å². The maximum absolute atomic E-state index is 13.2. The summed E-state index contributed by atoms with van der Waals surface area (Å²) in [6.07, 6.45) is 3.96. The van der Waals surface area contributed by atoms with Gasteiger partial charge >= 0.3 is 0 Å². The van der Waals surface area contributed by atoms with Crippen LogP contribution in [0.3, 0.4) is 0 Å². The van der Waals surface area contributed by atoms with E-state index in [0.717, 1.165) is 45.3 Å². The lowest BCUT2D eigenvalue weighted by atomic mass is 10.0. The van der Waals surface area contributed by atoms with Gasteiger partial charge in [0, 0.05) is 31.4 Å². The van der Waals surface area contributed by atoms with Crippen LogP contribution in [0.1, 0.15) is 29.6 Å². The summed E-state index contributed by atoms with van der Waals surface area (Å²) < 4.78 is 14.2. The molecule has 1 aliphatic heterocycles. The highest BCUT2D eigenvalue weighted by Crippen LogP contribution is 2.30. The molecule has 1 fully saturated rings. The van der Waals surface area contributed by atoms with Gasteiger partial charge in [-0.05, 0) is 79.5 Å². The zero-order valence-corrected chi connectivity index (χ0v) is 20.7. The van der Waals surface area contributed by atoms with Gasteiger partial charge in [0.25, 0.3) is 5.91 Å². The summed E-state index contributed by atoms with van der Waals surface area (Å²) >= 11 is 1.65. The molecule has 5 rings (SSSR count). The number of carbonyl (C=O) groups excluding carboxylic acids is 1. The first-order valence-electron chi connectivity index (χ1n) is 12.1. The van der Waals surface area contributed by atoms with Gasteiger partial charge in [-0.3, -0.25) is 4.79 Å². The van der Waals surface area contributed by atoms with Crippen LogP contribution in [-0.4, -0.2) is 49.0 Å². The molecule has 0 spiro atoms. The summed E-state index contributed by atoms with van der Waals surface area (Å²) in [6.45, 7) is 4.42. The molecule has 35 heavy (non-hydrogen) atoms. The number of hydrogen-bond donors (Lipinski definition) is 1. The molecule has 3 aromatic carbocycles. The Hall–Kier alpha value is -3.29. The number of amides is 1. The second-order valence-electron chi connectivity index (χ2n) is 9.04. The van der Waals surface area contributed by atoms with Gasteiger partial charge in [-0.25, -0.2) is 9.37 Å². The number of piperidine rings is 1. The summed E-state index contributed by atoms with van der Waals surface area (Å²) in [5.41, 5.74) is 4.10. The van der Waals surface area contributed by atoms with Gasteiger partial charge in [0.2, 0.25) is 0 Å². The number of likely N-dealkylation sites (N-methyl/N-ethyl adjacent to an activating group) is 1. The Balaban J connectivity index is 1.22. The number of aromatic nitrogens is 1. The third-order valence-electron chi connectivity index (χ3n) is 6.49. The summed E-state index contributed by atoms with van der Waals surface area (Å²) in [5, 5.41) is 3.99. The maximum Gasteiger partial charge on any atom is 0.255 e. The fourth-order valence-electron chi connectivity index (χ4n) is 4.38. The smallest absolute Gasteiger partial charge is 0.255 e. The summed E-state index contributed by atoms with van der Waals surface area (Å²) in [5.74, 6) is -0.433. The van der Waals surface area contributed by atoms with E-state index in [4.69, 9.17) is 4.98 Å². The van der Waals surface area contributed by atoms with Crippen LogP contribution in [0, 0.1) is 5.82 Å². The van der Waals surface area contributed by atoms with Crippen molar-refractivity contribution in [1.29, 1.82) is 0 Å². The molecule has 4 aromatic rings. The van der Waals surface area contributed by atoms with Crippen LogP contribution in [-0.2, 0) is 0 Å². The molecule has 1 saturated heterocycles. The van der Waals surface area contributed by atoms with Gasteiger partial charge in [0.1, 0.15) is 5.82 Å². The Morgan fingerprint density at radius 1 is 1.00 bits per heavy atom. The number of carbonyl (C=O) groups is 1. The van der Waals surface area contributed by atoms with E-state index in [1.165, 1.54) is 44.5 Å². The van der Waals surface area contributed by atoms with Crippen molar-refractivity contribution in [3.8, 4) is 11.1 Å². The number of anilines is 2. The number of fused-ring (bicyclic) bond motifs is 1. The third kappa shape index (κ3) is 5.69. The van der Waals surface area contributed by atoms with Crippen molar-refractivity contribution in [2.75, 3.05) is 43.4 Å². The monoisotopic (exact) mass is 488 g/mol. The lowest BCUT2D eigenvalue weighted by Gasteiger charge is -2.28. The minimum absolute atomic E-state index is 0.168. The van der Waals surface area contributed by atoms with Gasteiger partial charge in [-0.15, -0.1) is 0 Å². The third-order valence-corrected chi connectivity index (χ3v) is 7.62. The lowest BCUT2D eigenvalue weighted by Crippen LogP contribution is -2.36. The van der Waals surface area contributed by atoms with Crippen LogP contribution < -0.4 is 10.2 Å². The second-order valence-corrected chi connectivity index (χ2v) is 10.1. The lowest BCUT2D eigenvalue weighted by molar-refractivity contribution is 0.102. The van der Waals surface area contributed by atoms with Crippen molar-refractivity contribution in [3.05, 3.63) is 78.1 Å². The molecule has 1 aliphatic rings. The van der Waals surface area contributed by atoms with E-state index in [2.05, 4.69) is 22.2 Å². The molecule has 5 nitrogen and oxygen atoms in total. The summed E-state index contributed by atoms with van der Waals surface area (Å²) in [4.78, 5) is 22.4. The SMILES string of the molecule is CN(CCN1CCCCC1)c1nc2ccc(NC(=O)c3ccc(-c4ccc(F)cc4)cc3)cc2s1. The first kappa shape index (κ1) is 23.5. The van der Waals surface area contributed by atoms with Crippen molar-refractivity contribution >= 4 is 38.3 Å². The first-order valence-corrected chi connectivity index (χ1v) is 12.9. The highest BCUT2D eigenvalue weighted by molar-refractivity contribution is 7.22. The topological polar surface area (TPSA) is 48.5 Å². The fraction of sp³-hybridized carbons (Fsp3) is 0.286. The van der Waals surface area contributed by atoms with Gasteiger partial charge in [0.15, 0.2) is 5.13 Å². The quantitative estimate of drug-likeness (QED) is 0.333. The number of halogens is 1. The number of nitrogens with one attached hydrogen (secondary N) is 1. The zero-order valence-electron chi connectivity index (χ0n) is 19.8. The van der Waals surface area contributed by atoms with Crippen LogP contribution in [0.25, 0.3) is 21.3 Å². The Kier molecular flexibility index (Phi) is 7.06. The van der Waals surface area contributed by atoms with Crippen molar-refractivity contribution in [1.82, 2.24) is 9.88 Å². The van der Waals surface area contributed by atoms with Gasteiger partial charge in [0.05, 0.1) is 10.2 Å². The predicted molar refractivity (Wildman–Crippen MR) is 143 cm³/mol. The van der Waals surface area contributed by atoms with Crippen molar-refractivity contribution < 1.29 is 9.18 Å². The van der Waals surface area contributed by atoms with Crippen LogP contribution in [0.5, 0.6) is 0 Å². The van der Waals surface area contributed by atoms with E-state index >= 15 is 0 Å². The molecule has 1 aromatic heterocycles. The normalized spacial score (nSPS) is 14.2. The van der Waals surface area contributed by atoms with E-state index in [1.807, 2.05) is 30.3 Å². The molecular weight excluding hydrogens is 459 g/mol. The van der Waals surface area contributed by atoms with Crippen LogP contribution in [0.4, 0.5) is 15.2 Å². The highest BCUT2D eigenvalue weighted by Gasteiger charge is 2.14. The zero-order chi connectivity index (χ0) is 24.2. The molecule has 0 unspecified atom stereocenters. The Bertz CT molecular complexity index is 1300.